The number of hydrogen-bond donors (Lipinski definition) is 0. The number of aryl methyl sites for hydroxylation is 2. The summed E-state index contributed by atoms with van der Waals surface area (Å²) in [6.45, 7) is 4.03. The second-order valence-corrected chi connectivity index (χ2v) is 7.27. The molecule has 0 N–H and O–H groups in total. The van der Waals surface area contributed by atoms with E-state index in [2.05, 4.69) is 42.7 Å². The molecule has 0 aromatic heterocycles. The third kappa shape index (κ3) is 4.43. The van der Waals surface area contributed by atoms with E-state index in [4.69, 9.17) is 0 Å². The van der Waals surface area contributed by atoms with Gasteiger partial charge in [0.2, 0.25) is 0 Å². The van der Waals surface area contributed by atoms with Gasteiger partial charge in [-0.1, -0.05) is 66.5 Å². The van der Waals surface area contributed by atoms with Crippen LogP contribution in [-0.2, 0) is 6.42 Å². The van der Waals surface area contributed by atoms with Gasteiger partial charge in [0.05, 0.1) is 0 Å². The normalized spacial score (nSPS) is 10.1. The Morgan fingerprint density at radius 1 is 0.633 bits per heavy atom. The first-order valence-electron chi connectivity index (χ1n) is 10.0. The van der Waals surface area contributed by atoms with Crippen molar-refractivity contribution in [2.24, 2.45) is 0 Å². The highest BCUT2D eigenvalue weighted by molar-refractivity contribution is 5.85. The lowest BCUT2D eigenvalue weighted by atomic mass is 10.0. The zero-order chi connectivity index (χ0) is 20.9. The van der Waals surface area contributed by atoms with Gasteiger partial charge in [0.1, 0.15) is 5.82 Å². The van der Waals surface area contributed by atoms with Crippen LogP contribution < -0.4 is 0 Å². The average Bonchev–Trinajstić information content (AvgIpc) is 2.78. The van der Waals surface area contributed by atoms with E-state index in [0.29, 0.717) is 11.8 Å². The maximum atomic E-state index is 14.4. The molecule has 0 unspecified atom stereocenters. The molecule has 0 spiro atoms. The predicted molar refractivity (Wildman–Crippen MR) is 123 cm³/mol. The second kappa shape index (κ2) is 8.69. The summed E-state index contributed by atoms with van der Waals surface area (Å²) in [5.41, 5.74) is 5.72. The average molecular weight is 388 g/mol. The molecule has 0 atom stereocenters. The van der Waals surface area contributed by atoms with Gasteiger partial charge in [-0.25, -0.2) is 4.39 Å². The minimum absolute atomic E-state index is 0.128. The SMILES string of the molecule is CCc1ccc2cc(C#Cc3ccc(C#Cc4ccc(C)cc4)cc3)ccc2c1F. The van der Waals surface area contributed by atoms with Gasteiger partial charge < -0.3 is 0 Å². The standard InChI is InChI=1S/C29H21F/c1-3-26-17-18-27-20-25(16-19-28(27)29(26)30)15-14-24-12-10-23(11-13-24)9-8-22-6-4-21(2)5-7-22/h4-7,10-13,16-20H,3H2,1-2H3. The summed E-state index contributed by atoms with van der Waals surface area (Å²) in [5, 5.41) is 1.52. The summed E-state index contributed by atoms with van der Waals surface area (Å²) in [6.07, 6.45) is 0.689. The lowest BCUT2D eigenvalue weighted by molar-refractivity contribution is 0.624. The van der Waals surface area contributed by atoms with Gasteiger partial charge in [-0.15, -0.1) is 0 Å². The summed E-state index contributed by atoms with van der Waals surface area (Å²) in [4.78, 5) is 0. The molecule has 0 amide bonds. The van der Waals surface area contributed by atoms with Crippen LogP contribution in [0.2, 0.25) is 0 Å². The van der Waals surface area contributed by atoms with Crippen LogP contribution in [0.5, 0.6) is 0 Å². The molecule has 144 valence electrons. The van der Waals surface area contributed by atoms with Crippen LogP contribution in [0.15, 0.2) is 78.9 Å². The smallest absolute Gasteiger partial charge is 0.134 e. The molecule has 30 heavy (non-hydrogen) atoms. The number of hydrogen-bond acceptors (Lipinski definition) is 0. The Hall–Kier alpha value is -3.81. The van der Waals surface area contributed by atoms with Crippen molar-refractivity contribution in [1.82, 2.24) is 0 Å². The van der Waals surface area contributed by atoms with Crippen LogP contribution in [0.1, 0.15) is 40.3 Å². The van der Waals surface area contributed by atoms with E-state index in [1.54, 1.807) is 0 Å². The fourth-order valence-electron chi connectivity index (χ4n) is 3.25. The van der Waals surface area contributed by atoms with Crippen molar-refractivity contribution < 1.29 is 4.39 Å². The van der Waals surface area contributed by atoms with Gasteiger partial charge in [-0.2, -0.15) is 0 Å². The Kier molecular flexibility index (Phi) is 5.65. The van der Waals surface area contributed by atoms with Crippen LogP contribution in [0.25, 0.3) is 10.8 Å². The maximum absolute atomic E-state index is 14.4. The van der Waals surface area contributed by atoms with Gasteiger partial charge in [-0.05, 0) is 72.8 Å². The highest BCUT2D eigenvalue weighted by Gasteiger charge is 2.05. The van der Waals surface area contributed by atoms with Crippen LogP contribution in [-0.4, -0.2) is 0 Å². The molecule has 4 aromatic rings. The predicted octanol–water partition coefficient (Wildman–Crippen LogP) is 6.65. The van der Waals surface area contributed by atoms with Crippen LogP contribution in [0.4, 0.5) is 4.39 Å². The van der Waals surface area contributed by atoms with Crippen LogP contribution in [0, 0.1) is 36.4 Å². The van der Waals surface area contributed by atoms with Gasteiger partial charge >= 0.3 is 0 Å². The van der Waals surface area contributed by atoms with Gasteiger partial charge in [0.15, 0.2) is 0 Å². The molecule has 0 saturated carbocycles. The number of halogens is 1. The van der Waals surface area contributed by atoms with E-state index in [-0.39, 0.29) is 5.82 Å². The van der Waals surface area contributed by atoms with E-state index >= 15 is 0 Å². The maximum Gasteiger partial charge on any atom is 0.134 e. The van der Waals surface area contributed by atoms with E-state index < -0.39 is 0 Å². The Morgan fingerprint density at radius 2 is 1.13 bits per heavy atom. The molecule has 4 rings (SSSR count). The van der Waals surface area contributed by atoms with Crippen molar-refractivity contribution in [3.8, 4) is 23.7 Å². The van der Waals surface area contributed by atoms with Crippen molar-refractivity contribution in [2.45, 2.75) is 20.3 Å². The minimum atomic E-state index is -0.128. The molecule has 0 bridgehead atoms. The van der Waals surface area contributed by atoms with Gasteiger partial charge in [0.25, 0.3) is 0 Å². The first kappa shape index (κ1) is 19.5. The molecule has 0 aliphatic heterocycles. The lowest BCUT2D eigenvalue weighted by Gasteiger charge is -2.04. The van der Waals surface area contributed by atoms with Crippen molar-refractivity contribution >= 4 is 10.8 Å². The van der Waals surface area contributed by atoms with E-state index in [1.165, 1.54) is 5.56 Å². The molecular formula is C29H21F. The molecule has 0 fully saturated rings. The molecule has 0 aliphatic rings. The molecule has 0 heterocycles. The quantitative estimate of drug-likeness (QED) is 0.320. The van der Waals surface area contributed by atoms with E-state index in [1.807, 2.05) is 73.7 Å². The first-order chi connectivity index (χ1) is 14.6. The summed E-state index contributed by atoms with van der Waals surface area (Å²) < 4.78 is 14.4. The highest BCUT2D eigenvalue weighted by atomic mass is 19.1. The zero-order valence-corrected chi connectivity index (χ0v) is 17.1. The summed E-state index contributed by atoms with van der Waals surface area (Å²) >= 11 is 0. The number of rotatable bonds is 1. The van der Waals surface area contributed by atoms with Gasteiger partial charge in [-0.3, -0.25) is 0 Å². The van der Waals surface area contributed by atoms with E-state index in [0.717, 1.165) is 33.2 Å². The van der Waals surface area contributed by atoms with Crippen molar-refractivity contribution in [1.29, 1.82) is 0 Å². The molecule has 4 aromatic carbocycles. The Labute approximate surface area is 177 Å². The third-order valence-corrected chi connectivity index (χ3v) is 5.05. The van der Waals surface area contributed by atoms with Crippen LogP contribution >= 0.6 is 0 Å². The van der Waals surface area contributed by atoms with Crippen molar-refractivity contribution in [3.63, 3.8) is 0 Å². The molecule has 0 nitrogen and oxygen atoms in total. The second-order valence-electron chi connectivity index (χ2n) is 7.27. The fourth-order valence-corrected chi connectivity index (χ4v) is 3.25. The van der Waals surface area contributed by atoms with E-state index in [9.17, 15) is 4.39 Å². The molecule has 0 aliphatic carbocycles. The molecule has 1 heteroatoms. The third-order valence-electron chi connectivity index (χ3n) is 5.05. The Bertz CT molecular complexity index is 1320. The fraction of sp³-hybridized carbons (Fsp3) is 0.103. The Morgan fingerprint density at radius 3 is 1.70 bits per heavy atom. The van der Waals surface area contributed by atoms with Crippen LogP contribution in [0.3, 0.4) is 0 Å². The monoisotopic (exact) mass is 388 g/mol. The molecule has 0 radical (unpaired) electrons. The highest BCUT2D eigenvalue weighted by Crippen LogP contribution is 2.22. The first-order valence-corrected chi connectivity index (χ1v) is 10.0. The number of benzene rings is 4. The Balaban J connectivity index is 1.52. The van der Waals surface area contributed by atoms with Crippen molar-refractivity contribution in [2.75, 3.05) is 0 Å². The molecule has 0 saturated heterocycles. The van der Waals surface area contributed by atoms with Gasteiger partial charge in [0, 0.05) is 27.6 Å². The summed E-state index contributed by atoms with van der Waals surface area (Å²) in [5.74, 6) is 12.6. The topological polar surface area (TPSA) is 0 Å². The zero-order valence-electron chi connectivity index (χ0n) is 17.1. The lowest BCUT2D eigenvalue weighted by Crippen LogP contribution is -1.89. The minimum Gasteiger partial charge on any atom is -0.206 e. The molecular weight excluding hydrogens is 367 g/mol. The summed E-state index contributed by atoms with van der Waals surface area (Å²) in [7, 11) is 0. The summed E-state index contributed by atoms with van der Waals surface area (Å²) in [6, 6.07) is 25.5. The number of fused-ring (bicyclic) bond motifs is 1. The van der Waals surface area contributed by atoms with Crippen molar-refractivity contribution in [3.05, 3.63) is 118 Å². The largest absolute Gasteiger partial charge is 0.206 e.